The first-order valence-corrected chi connectivity index (χ1v) is 17.0. The number of likely N-dealkylation sites (tertiary alicyclic amines) is 1. The minimum atomic E-state index is -0.672. The Balaban J connectivity index is 1.12. The zero-order valence-electron chi connectivity index (χ0n) is 25.3. The third-order valence-corrected chi connectivity index (χ3v) is 10.7. The minimum Gasteiger partial charge on any atom is -0.455 e. The van der Waals surface area contributed by atoms with Crippen molar-refractivity contribution in [3.05, 3.63) is 58.3 Å². The van der Waals surface area contributed by atoms with Crippen LogP contribution in [0.2, 0.25) is 0 Å². The lowest BCUT2D eigenvalue weighted by molar-refractivity contribution is -0.145. The van der Waals surface area contributed by atoms with Crippen LogP contribution in [0, 0.1) is 5.92 Å². The molecule has 6 rings (SSSR count). The first-order chi connectivity index (χ1) is 21.0. The number of amidine groups is 1. The predicted molar refractivity (Wildman–Crippen MR) is 170 cm³/mol. The van der Waals surface area contributed by atoms with Gasteiger partial charge in [0.15, 0.2) is 0 Å². The van der Waals surface area contributed by atoms with Gasteiger partial charge in [-0.15, -0.1) is 11.3 Å². The fourth-order valence-electron chi connectivity index (χ4n) is 7.28. The number of benzene rings is 1. The Morgan fingerprint density at radius 2 is 1.79 bits per heavy atom. The summed E-state index contributed by atoms with van der Waals surface area (Å²) in [5.74, 6) is -0.128. The van der Waals surface area contributed by atoms with E-state index < -0.39 is 12.1 Å². The maximum atomic E-state index is 14.0. The molecule has 10 heteroatoms. The van der Waals surface area contributed by atoms with Crippen molar-refractivity contribution in [2.75, 3.05) is 32.7 Å². The van der Waals surface area contributed by atoms with E-state index in [9.17, 15) is 9.59 Å². The van der Waals surface area contributed by atoms with Crippen LogP contribution >= 0.6 is 11.3 Å². The second kappa shape index (κ2) is 13.8. The molecule has 4 heterocycles. The van der Waals surface area contributed by atoms with Crippen LogP contribution in [-0.2, 0) is 20.9 Å². The topological polar surface area (TPSA) is 103 Å². The number of nitrogens with two attached hydrogens (primary N) is 1. The molecule has 1 aliphatic carbocycles. The number of hydrogen-bond acceptors (Lipinski definition) is 8. The normalized spacial score (nSPS) is 29.1. The van der Waals surface area contributed by atoms with Crippen LogP contribution in [0.1, 0.15) is 68.4 Å². The first-order valence-electron chi connectivity index (χ1n) is 16.1. The Kier molecular flexibility index (Phi) is 9.64. The number of nitrogens with one attached hydrogen (secondary N) is 1. The van der Waals surface area contributed by atoms with E-state index in [1.165, 1.54) is 32.4 Å². The van der Waals surface area contributed by atoms with Gasteiger partial charge in [-0.05, 0) is 81.5 Å². The van der Waals surface area contributed by atoms with E-state index in [1.807, 2.05) is 40.6 Å². The zero-order valence-corrected chi connectivity index (χ0v) is 26.1. The summed E-state index contributed by atoms with van der Waals surface area (Å²) in [5, 5.41) is 5.08. The van der Waals surface area contributed by atoms with E-state index in [-0.39, 0.29) is 29.9 Å². The second-order valence-electron chi connectivity index (χ2n) is 12.6. The van der Waals surface area contributed by atoms with Crippen molar-refractivity contribution >= 4 is 29.2 Å². The molecule has 1 aromatic heterocycles. The summed E-state index contributed by atoms with van der Waals surface area (Å²) >= 11 is 1.60. The molecular formula is C33H46N6O3S. The number of amides is 2. The number of rotatable bonds is 7. The van der Waals surface area contributed by atoms with Crippen molar-refractivity contribution in [1.82, 2.24) is 20.0 Å². The van der Waals surface area contributed by atoms with Crippen molar-refractivity contribution in [3.63, 3.8) is 0 Å². The number of carbonyl (C=O) groups excluding carboxylic acids is 2. The zero-order chi connectivity index (χ0) is 29.8. The van der Waals surface area contributed by atoms with Gasteiger partial charge in [0.2, 0.25) is 11.8 Å². The minimum absolute atomic E-state index is 0.0448. The van der Waals surface area contributed by atoms with E-state index in [0.717, 1.165) is 36.1 Å². The van der Waals surface area contributed by atoms with Gasteiger partial charge in [-0.3, -0.25) is 9.59 Å². The number of nitrogens with zero attached hydrogens (tertiary/aromatic N) is 4. The van der Waals surface area contributed by atoms with Crippen molar-refractivity contribution in [3.8, 4) is 0 Å². The number of thiophene rings is 1. The summed E-state index contributed by atoms with van der Waals surface area (Å²) in [7, 11) is 0. The maximum absolute atomic E-state index is 14.0. The third kappa shape index (κ3) is 6.91. The fourth-order valence-corrected chi connectivity index (χ4v) is 7.93. The Labute approximate surface area is 259 Å². The molecule has 2 saturated heterocycles. The highest BCUT2D eigenvalue weighted by molar-refractivity contribution is 7.09. The number of ether oxygens (including phenoxy) is 1. The highest BCUT2D eigenvalue weighted by atomic mass is 32.1. The van der Waals surface area contributed by atoms with Gasteiger partial charge >= 0.3 is 0 Å². The lowest BCUT2D eigenvalue weighted by Gasteiger charge is -2.43. The molecule has 9 nitrogen and oxygen atoms in total. The lowest BCUT2D eigenvalue weighted by atomic mass is 9.80. The van der Waals surface area contributed by atoms with Gasteiger partial charge in [-0.2, -0.15) is 0 Å². The Morgan fingerprint density at radius 1 is 1.02 bits per heavy atom. The summed E-state index contributed by atoms with van der Waals surface area (Å²) in [6.45, 7) is 6.16. The number of piperazine rings is 1. The molecule has 1 aromatic carbocycles. The van der Waals surface area contributed by atoms with Crippen LogP contribution in [0.4, 0.5) is 0 Å². The standard InChI is InChI=1S/C33H46N6O3S/c1-23-30(25-9-4-2-5-10-25)42-33(36-23)38-18-19-39(28(22-38)31(40)35-21-27-11-8-20-43-27)32(41)29(34)24-12-14-26(15-13-24)37-16-6-3-7-17-37/h2,4-5,8-11,20,23-24,26,28-30H,3,6-7,12-19,21-22,34H2,1H3,(H,35,40)/t23-,24?,26?,28?,29?,30+/m0/s1. The SMILES string of the molecule is C[C@@H]1N=C(N2CCN(C(=O)C(N)C3CCC(N4CCCCC4)CC3)C(C(=O)NCc3cccs3)C2)O[C@H]1c1ccccc1. The van der Waals surface area contributed by atoms with E-state index in [0.29, 0.717) is 38.2 Å². The summed E-state index contributed by atoms with van der Waals surface area (Å²) in [6, 6.07) is 13.9. The number of carbonyl (C=O) groups is 2. The number of hydrogen-bond donors (Lipinski definition) is 2. The first kappa shape index (κ1) is 30.1. The number of aliphatic imine (C=N–C) groups is 1. The van der Waals surface area contributed by atoms with Crippen LogP contribution in [0.3, 0.4) is 0 Å². The third-order valence-electron chi connectivity index (χ3n) is 9.81. The molecule has 4 aliphatic rings. The fraction of sp³-hybridized carbons (Fsp3) is 0.606. The summed E-state index contributed by atoms with van der Waals surface area (Å²) in [5.41, 5.74) is 7.80. The monoisotopic (exact) mass is 606 g/mol. The number of piperidine rings is 1. The van der Waals surface area contributed by atoms with Gasteiger partial charge in [0, 0.05) is 24.0 Å². The molecule has 1 saturated carbocycles. The van der Waals surface area contributed by atoms with Crippen molar-refractivity contribution in [2.24, 2.45) is 16.6 Å². The summed E-state index contributed by atoms with van der Waals surface area (Å²) in [4.78, 5) is 40.0. The molecule has 0 spiro atoms. The molecule has 232 valence electrons. The molecule has 3 N–H and O–H groups in total. The lowest BCUT2D eigenvalue weighted by Crippen LogP contribution is -2.64. The average Bonchev–Trinajstić information content (AvgIpc) is 3.73. The Morgan fingerprint density at radius 3 is 2.51 bits per heavy atom. The molecule has 2 amide bonds. The maximum Gasteiger partial charge on any atom is 0.288 e. The summed E-state index contributed by atoms with van der Waals surface area (Å²) in [6.07, 6.45) is 7.89. The molecular weight excluding hydrogens is 560 g/mol. The Hall–Kier alpha value is -2.95. The van der Waals surface area contributed by atoms with E-state index in [1.54, 1.807) is 16.2 Å². The van der Waals surface area contributed by atoms with Crippen LogP contribution in [-0.4, -0.2) is 89.4 Å². The van der Waals surface area contributed by atoms with Gasteiger partial charge in [-0.1, -0.05) is 42.8 Å². The van der Waals surface area contributed by atoms with Crippen LogP contribution in [0.15, 0.2) is 52.8 Å². The molecule has 4 atom stereocenters. The van der Waals surface area contributed by atoms with Crippen molar-refractivity contribution in [2.45, 2.75) is 88.7 Å². The highest BCUT2D eigenvalue weighted by Crippen LogP contribution is 2.33. The molecule has 0 radical (unpaired) electrons. The largest absolute Gasteiger partial charge is 0.455 e. The molecule has 3 fully saturated rings. The molecule has 43 heavy (non-hydrogen) atoms. The van der Waals surface area contributed by atoms with E-state index >= 15 is 0 Å². The molecule has 2 aromatic rings. The second-order valence-corrected chi connectivity index (χ2v) is 13.6. The average molecular weight is 607 g/mol. The van der Waals surface area contributed by atoms with Gasteiger partial charge in [-0.25, -0.2) is 4.99 Å². The van der Waals surface area contributed by atoms with Crippen LogP contribution in [0.5, 0.6) is 0 Å². The van der Waals surface area contributed by atoms with Crippen molar-refractivity contribution < 1.29 is 14.3 Å². The Bertz CT molecular complexity index is 1240. The quantitative estimate of drug-likeness (QED) is 0.498. The highest BCUT2D eigenvalue weighted by Gasteiger charge is 2.42. The smallest absolute Gasteiger partial charge is 0.288 e. The van der Waals surface area contributed by atoms with Crippen molar-refractivity contribution in [1.29, 1.82) is 0 Å². The van der Waals surface area contributed by atoms with Crippen LogP contribution < -0.4 is 11.1 Å². The predicted octanol–water partition coefficient (Wildman–Crippen LogP) is 3.77. The molecule has 3 aliphatic heterocycles. The van der Waals surface area contributed by atoms with Gasteiger partial charge in [0.25, 0.3) is 6.02 Å². The molecule has 2 unspecified atom stereocenters. The van der Waals surface area contributed by atoms with Gasteiger partial charge in [0.1, 0.15) is 12.1 Å². The summed E-state index contributed by atoms with van der Waals surface area (Å²) < 4.78 is 6.36. The van der Waals surface area contributed by atoms with Gasteiger partial charge in [0.05, 0.1) is 25.2 Å². The molecule has 0 bridgehead atoms. The van der Waals surface area contributed by atoms with E-state index in [2.05, 4.69) is 29.3 Å². The van der Waals surface area contributed by atoms with Crippen LogP contribution in [0.25, 0.3) is 0 Å². The van der Waals surface area contributed by atoms with Gasteiger partial charge < -0.3 is 30.5 Å². The van der Waals surface area contributed by atoms with E-state index in [4.69, 9.17) is 15.5 Å².